The Morgan fingerprint density at radius 3 is 2.52 bits per heavy atom. The highest BCUT2D eigenvalue weighted by atomic mass is 79.9. The van der Waals surface area contributed by atoms with Gasteiger partial charge in [0.15, 0.2) is 0 Å². The van der Waals surface area contributed by atoms with Crippen molar-refractivity contribution in [1.82, 2.24) is 0 Å². The van der Waals surface area contributed by atoms with Crippen LogP contribution in [0.4, 0.5) is 11.4 Å². The second-order valence-electron chi connectivity index (χ2n) is 4.49. The van der Waals surface area contributed by atoms with Gasteiger partial charge in [0.2, 0.25) is 5.91 Å². The molecule has 2 aromatic rings. The summed E-state index contributed by atoms with van der Waals surface area (Å²) in [5.41, 5.74) is 2.51. The van der Waals surface area contributed by atoms with Gasteiger partial charge in [-0.3, -0.25) is 4.79 Å². The number of halogens is 3. The molecule has 1 amide bonds. The molecule has 0 aliphatic heterocycles. The standard InChI is InChI=1S/C15H13BrCl2N2O/c1-9-6-10(16)2-4-13(9)19-8-15(21)20-14-5-3-11(17)7-12(14)18/h2-7,19H,8H2,1H3,(H,20,21). The number of anilines is 2. The molecule has 2 N–H and O–H groups in total. The van der Waals surface area contributed by atoms with Crippen molar-refractivity contribution in [2.75, 3.05) is 17.2 Å². The summed E-state index contributed by atoms with van der Waals surface area (Å²) < 4.78 is 1.00. The van der Waals surface area contributed by atoms with Crippen molar-refractivity contribution in [2.24, 2.45) is 0 Å². The molecule has 0 atom stereocenters. The molecule has 0 saturated heterocycles. The maximum atomic E-state index is 11.9. The van der Waals surface area contributed by atoms with Gasteiger partial charge in [-0.15, -0.1) is 0 Å². The van der Waals surface area contributed by atoms with E-state index in [9.17, 15) is 4.79 Å². The Labute approximate surface area is 141 Å². The number of carbonyl (C=O) groups is 1. The molecule has 0 aliphatic carbocycles. The molecule has 0 bridgehead atoms. The van der Waals surface area contributed by atoms with Gasteiger partial charge in [0, 0.05) is 15.2 Å². The van der Waals surface area contributed by atoms with Crippen molar-refractivity contribution in [3.63, 3.8) is 0 Å². The quantitative estimate of drug-likeness (QED) is 0.764. The first kappa shape index (κ1) is 16.1. The zero-order chi connectivity index (χ0) is 15.4. The Bertz CT molecular complexity index is 677. The van der Waals surface area contributed by atoms with Crippen LogP contribution in [-0.2, 0) is 4.79 Å². The monoisotopic (exact) mass is 386 g/mol. The van der Waals surface area contributed by atoms with E-state index < -0.39 is 0 Å². The van der Waals surface area contributed by atoms with E-state index in [2.05, 4.69) is 26.6 Å². The predicted molar refractivity (Wildman–Crippen MR) is 92.5 cm³/mol. The molecular formula is C15H13BrCl2N2O. The molecule has 0 fully saturated rings. The fourth-order valence-electron chi connectivity index (χ4n) is 1.79. The van der Waals surface area contributed by atoms with E-state index in [1.807, 2.05) is 25.1 Å². The van der Waals surface area contributed by atoms with Gasteiger partial charge in [0.1, 0.15) is 0 Å². The van der Waals surface area contributed by atoms with Crippen molar-refractivity contribution in [1.29, 1.82) is 0 Å². The molecule has 3 nitrogen and oxygen atoms in total. The van der Waals surface area contributed by atoms with Crippen molar-refractivity contribution < 1.29 is 4.79 Å². The highest BCUT2D eigenvalue weighted by Crippen LogP contribution is 2.25. The van der Waals surface area contributed by atoms with Gasteiger partial charge in [-0.25, -0.2) is 0 Å². The molecule has 21 heavy (non-hydrogen) atoms. The normalized spacial score (nSPS) is 10.3. The maximum Gasteiger partial charge on any atom is 0.243 e. The predicted octanol–water partition coefficient (Wildman–Crippen LogP) is 5.11. The highest BCUT2D eigenvalue weighted by molar-refractivity contribution is 9.10. The van der Waals surface area contributed by atoms with Crippen LogP contribution >= 0.6 is 39.1 Å². The van der Waals surface area contributed by atoms with E-state index in [0.717, 1.165) is 15.7 Å². The minimum Gasteiger partial charge on any atom is -0.376 e. The lowest BCUT2D eigenvalue weighted by Gasteiger charge is -2.11. The molecule has 110 valence electrons. The first-order valence-corrected chi connectivity index (χ1v) is 7.75. The molecule has 6 heteroatoms. The van der Waals surface area contributed by atoms with Gasteiger partial charge in [-0.05, 0) is 48.9 Å². The summed E-state index contributed by atoms with van der Waals surface area (Å²) in [6.45, 7) is 2.13. The number of hydrogen-bond donors (Lipinski definition) is 2. The largest absolute Gasteiger partial charge is 0.376 e. The number of amides is 1. The topological polar surface area (TPSA) is 41.1 Å². The van der Waals surface area contributed by atoms with Crippen LogP contribution in [0.1, 0.15) is 5.56 Å². The second kappa shape index (κ2) is 7.16. The average molecular weight is 388 g/mol. The lowest BCUT2D eigenvalue weighted by molar-refractivity contribution is -0.114. The van der Waals surface area contributed by atoms with E-state index in [4.69, 9.17) is 23.2 Å². The lowest BCUT2D eigenvalue weighted by atomic mass is 10.2. The number of aryl methyl sites for hydroxylation is 1. The summed E-state index contributed by atoms with van der Waals surface area (Å²) in [6.07, 6.45) is 0. The van der Waals surface area contributed by atoms with Crippen molar-refractivity contribution in [3.8, 4) is 0 Å². The minimum atomic E-state index is -0.179. The van der Waals surface area contributed by atoms with E-state index >= 15 is 0 Å². The van der Waals surface area contributed by atoms with Crippen LogP contribution in [-0.4, -0.2) is 12.5 Å². The van der Waals surface area contributed by atoms with Gasteiger partial charge in [-0.1, -0.05) is 39.1 Å². The van der Waals surface area contributed by atoms with Crippen LogP contribution in [0.5, 0.6) is 0 Å². The summed E-state index contributed by atoms with van der Waals surface area (Å²) in [7, 11) is 0. The molecule has 0 heterocycles. The number of benzene rings is 2. The van der Waals surface area contributed by atoms with Crippen LogP contribution in [0.2, 0.25) is 10.0 Å². The third-order valence-corrected chi connectivity index (χ3v) is 3.87. The average Bonchev–Trinajstić information content (AvgIpc) is 2.41. The number of hydrogen-bond acceptors (Lipinski definition) is 2. The third kappa shape index (κ3) is 4.63. The summed E-state index contributed by atoms with van der Waals surface area (Å²) in [6, 6.07) is 10.8. The fourth-order valence-corrected chi connectivity index (χ4v) is 2.72. The van der Waals surface area contributed by atoms with Gasteiger partial charge in [-0.2, -0.15) is 0 Å². The van der Waals surface area contributed by atoms with Crippen LogP contribution < -0.4 is 10.6 Å². The van der Waals surface area contributed by atoms with Crippen molar-refractivity contribution in [3.05, 3.63) is 56.5 Å². The Balaban J connectivity index is 1.96. The number of nitrogens with one attached hydrogen (secondary N) is 2. The first-order valence-electron chi connectivity index (χ1n) is 6.20. The van der Waals surface area contributed by atoms with E-state index in [-0.39, 0.29) is 12.5 Å². The van der Waals surface area contributed by atoms with E-state index in [0.29, 0.717) is 15.7 Å². The van der Waals surface area contributed by atoms with Gasteiger partial charge >= 0.3 is 0 Å². The molecule has 0 aromatic heterocycles. The molecule has 0 radical (unpaired) electrons. The molecule has 0 spiro atoms. The Morgan fingerprint density at radius 1 is 1.14 bits per heavy atom. The van der Waals surface area contributed by atoms with Gasteiger partial charge in [0.05, 0.1) is 17.3 Å². The van der Waals surface area contributed by atoms with E-state index in [1.54, 1.807) is 18.2 Å². The van der Waals surface area contributed by atoms with Gasteiger partial charge in [0.25, 0.3) is 0 Å². The summed E-state index contributed by atoms with van der Waals surface area (Å²) in [5, 5.41) is 6.77. The number of rotatable bonds is 4. The number of carbonyl (C=O) groups excluding carboxylic acids is 1. The van der Waals surface area contributed by atoms with Crippen LogP contribution in [0.25, 0.3) is 0 Å². The van der Waals surface area contributed by atoms with Crippen LogP contribution in [0, 0.1) is 6.92 Å². The highest BCUT2D eigenvalue weighted by Gasteiger charge is 2.07. The Morgan fingerprint density at radius 2 is 1.86 bits per heavy atom. The summed E-state index contributed by atoms with van der Waals surface area (Å²) in [4.78, 5) is 11.9. The molecule has 2 aromatic carbocycles. The van der Waals surface area contributed by atoms with Crippen molar-refractivity contribution in [2.45, 2.75) is 6.92 Å². The zero-order valence-electron chi connectivity index (χ0n) is 11.2. The summed E-state index contributed by atoms with van der Waals surface area (Å²) >= 11 is 15.2. The fraction of sp³-hybridized carbons (Fsp3) is 0.133. The smallest absolute Gasteiger partial charge is 0.243 e. The zero-order valence-corrected chi connectivity index (χ0v) is 14.3. The molecule has 0 unspecified atom stereocenters. The first-order chi connectivity index (χ1) is 9.95. The molecule has 2 rings (SSSR count). The second-order valence-corrected chi connectivity index (χ2v) is 6.24. The van der Waals surface area contributed by atoms with Crippen molar-refractivity contribution >= 4 is 56.4 Å². The molecular weight excluding hydrogens is 375 g/mol. The molecule has 0 aliphatic rings. The van der Waals surface area contributed by atoms with Crippen LogP contribution in [0.3, 0.4) is 0 Å². The van der Waals surface area contributed by atoms with Crippen LogP contribution in [0.15, 0.2) is 40.9 Å². The SMILES string of the molecule is Cc1cc(Br)ccc1NCC(=O)Nc1ccc(Cl)cc1Cl. The Hall–Kier alpha value is -1.23. The minimum absolute atomic E-state index is 0.154. The third-order valence-electron chi connectivity index (χ3n) is 2.83. The van der Waals surface area contributed by atoms with Gasteiger partial charge < -0.3 is 10.6 Å². The molecule has 0 saturated carbocycles. The Kier molecular flexibility index (Phi) is 5.51. The van der Waals surface area contributed by atoms with E-state index in [1.165, 1.54) is 0 Å². The maximum absolute atomic E-state index is 11.9. The lowest BCUT2D eigenvalue weighted by Crippen LogP contribution is -2.22. The summed E-state index contributed by atoms with van der Waals surface area (Å²) in [5.74, 6) is -0.179.